The molecule has 47 heavy (non-hydrogen) atoms. The van der Waals surface area contributed by atoms with E-state index in [1.807, 2.05) is 24.3 Å². The van der Waals surface area contributed by atoms with E-state index in [0.717, 1.165) is 31.9 Å². The Kier molecular flexibility index (Phi) is 7.75. The highest BCUT2D eigenvalue weighted by Gasteiger charge is 2.58. The number of aromatic carboxylic acids is 1. The number of hydrogen-bond acceptors (Lipinski definition) is 7. The molecule has 3 aromatic carbocycles. The van der Waals surface area contributed by atoms with Crippen molar-refractivity contribution >= 4 is 17.6 Å². The number of carbonyl (C=O) groups is 2. The number of carbonyl (C=O) groups excluding carboxylic acids is 1. The maximum atomic E-state index is 13.1. The number of nitrogens with zero attached hydrogens (tertiary/aromatic N) is 2. The number of esters is 1. The van der Waals surface area contributed by atoms with Crippen LogP contribution in [0.15, 0.2) is 83.7 Å². The molecule has 0 radical (unpaired) electrons. The van der Waals surface area contributed by atoms with E-state index >= 15 is 0 Å². The van der Waals surface area contributed by atoms with Gasteiger partial charge in [-0.1, -0.05) is 60.7 Å². The number of H-pyrrole nitrogens is 1. The Morgan fingerprint density at radius 1 is 0.957 bits per heavy atom. The number of carboxylic acids is 1. The van der Waals surface area contributed by atoms with Crippen LogP contribution >= 0.6 is 0 Å². The fourth-order valence-electron chi connectivity index (χ4n) is 6.99. The summed E-state index contributed by atoms with van der Waals surface area (Å²) in [4.78, 5) is 43.6. The van der Waals surface area contributed by atoms with E-state index in [2.05, 4.69) is 68.1 Å². The highest BCUT2D eigenvalue weighted by molar-refractivity contribution is 5.94. The van der Waals surface area contributed by atoms with Gasteiger partial charge >= 0.3 is 18.1 Å². The van der Waals surface area contributed by atoms with Gasteiger partial charge in [-0.3, -0.25) is 9.69 Å². The van der Waals surface area contributed by atoms with Crippen LogP contribution < -0.4 is 19.9 Å². The number of aromatic amines is 1. The average Bonchev–Trinajstić information content (AvgIpc) is 3.60. The molecule has 2 aliphatic heterocycles. The predicted molar refractivity (Wildman–Crippen MR) is 165 cm³/mol. The summed E-state index contributed by atoms with van der Waals surface area (Å²) in [6.07, 6.45) is -5.50. The first-order valence-corrected chi connectivity index (χ1v) is 15.2. The number of alkyl halides is 3. The second-order valence-corrected chi connectivity index (χ2v) is 12.1. The first kappa shape index (κ1) is 30.5. The molecule has 242 valence electrons. The summed E-state index contributed by atoms with van der Waals surface area (Å²) in [5.74, 6) is -4.05. The van der Waals surface area contributed by atoms with Gasteiger partial charge in [0.15, 0.2) is 11.3 Å². The molecule has 0 spiro atoms. The Morgan fingerprint density at radius 3 is 2.15 bits per heavy atom. The monoisotopic (exact) mass is 645 g/mol. The number of nitrogens with one attached hydrogen (secondary N) is 1. The summed E-state index contributed by atoms with van der Waals surface area (Å²) < 4.78 is 49.7. The molecule has 1 saturated carbocycles. The lowest BCUT2D eigenvalue weighted by Gasteiger charge is -2.29. The van der Waals surface area contributed by atoms with Gasteiger partial charge in [0.05, 0.1) is 12.3 Å². The van der Waals surface area contributed by atoms with E-state index in [-0.39, 0.29) is 24.3 Å². The summed E-state index contributed by atoms with van der Waals surface area (Å²) >= 11 is 0. The molecule has 1 aliphatic carbocycles. The van der Waals surface area contributed by atoms with E-state index < -0.39 is 35.0 Å². The van der Waals surface area contributed by atoms with Crippen LogP contribution in [0, 0.1) is 11.8 Å². The number of piperidine rings is 1. The molecule has 12 heteroatoms. The zero-order chi connectivity index (χ0) is 32.9. The highest BCUT2D eigenvalue weighted by atomic mass is 19.4. The molecule has 0 amide bonds. The fraction of sp³-hybridized carbons (Fsp3) is 0.286. The molecule has 2 N–H and O–H groups in total. The van der Waals surface area contributed by atoms with Crippen molar-refractivity contribution in [2.75, 3.05) is 24.6 Å². The number of halogens is 3. The number of anilines is 1. The van der Waals surface area contributed by atoms with E-state index in [0.29, 0.717) is 29.2 Å². The topological polar surface area (TPSA) is 112 Å². The number of carboxylic acid groups (broad SMARTS) is 1. The normalized spacial score (nSPS) is 19.7. The SMILES string of the molecule is O=C(O)c1c(OC(=O)C(F)(F)F)c2c([nH]c1=O)-c1ccc(N3C[C@@H]4[C@H](C3)[C@H]4N(Cc3ccccc3)Cc3ccccc3)cc1OCC2. The Bertz CT molecular complexity index is 1840. The molecule has 3 aliphatic rings. The molecule has 0 bridgehead atoms. The van der Waals surface area contributed by atoms with Gasteiger partial charge in [0, 0.05) is 61.5 Å². The Labute approximate surface area is 267 Å². The second kappa shape index (κ2) is 11.9. The number of aromatic nitrogens is 1. The largest absolute Gasteiger partial charge is 0.492 e. The van der Waals surface area contributed by atoms with Gasteiger partial charge in [-0.05, 0) is 35.1 Å². The van der Waals surface area contributed by atoms with E-state index in [1.54, 1.807) is 6.07 Å². The van der Waals surface area contributed by atoms with Crippen molar-refractivity contribution in [1.82, 2.24) is 9.88 Å². The van der Waals surface area contributed by atoms with Crippen molar-refractivity contribution in [3.8, 4) is 22.8 Å². The zero-order valence-electron chi connectivity index (χ0n) is 25.0. The lowest BCUT2D eigenvalue weighted by Crippen LogP contribution is -2.34. The van der Waals surface area contributed by atoms with Gasteiger partial charge < -0.3 is 24.5 Å². The molecule has 1 saturated heterocycles. The van der Waals surface area contributed by atoms with Crippen molar-refractivity contribution in [3.05, 3.63) is 111 Å². The zero-order valence-corrected chi connectivity index (χ0v) is 25.0. The molecule has 9 nitrogen and oxygen atoms in total. The Morgan fingerprint density at radius 2 is 1.57 bits per heavy atom. The molecule has 1 aromatic heterocycles. The summed E-state index contributed by atoms with van der Waals surface area (Å²) in [5, 5.41) is 9.58. The third-order valence-electron chi connectivity index (χ3n) is 9.15. The number of rotatable bonds is 8. The summed E-state index contributed by atoms with van der Waals surface area (Å²) in [5.41, 5.74) is 1.47. The number of fused-ring (bicyclic) bond motifs is 4. The quantitative estimate of drug-likeness (QED) is 0.249. The molecule has 4 aromatic rings. The van der Waals surface area contributed by atoms with E-state index in [4.69, 9.17) is 4.74 Å². The van der Waals surface area contributed by atoms with Gasteiger partial charge in [0.2, 0.25) is 0 Å². The minimum absolute atomic E-state index is 0.0471. The van der Waals surface area contributed by atoms with Crippen LogP contribution in [0.3, 0.4) is 0 Å². The van der Waals surface area contributed by atoms with Crippen LogP contribution in [0.25, 0.3) is 11.3 Å². The van der Waals surface area contributed by atoms with Crippen molar-refractivity contribution in [2.24, 2.45) is 11.8 Å². The summed E-state index contributed by atoms with van der Waals surface area (Å²) in [7, 11) is 0. The van der Waals surface area contributed by atoms with Gasteiger partial charge in [-0.25, -0.2) is 9.59 Å². The molecule has 2 fully saturated rings. The predicted octanol–water partition coefficient (Wildman–Crippen LogP) is 5.28. The van der Waals surface area contributed by atoms with Crippen LogP contribution in [0.1, 0.15) is 27.0 Å². The summed E-state index contributed by atoms with van der Waals surface area (Å²) in [6, 6.07) is 26.6. The van der Waals surface area contributed by atoms with E-state index in [9.17, 15) is 32.7 Å². The number of hydrogen-bond donors (Lipinski definition) is 2. The second-order valence-electron chi connectivity index (χ2n) is 12.1. The standard InChI is InChI=1S/C35H30F3N3O6/c36-35(37,38)34(45)47-31-24-13-14-46-27-15-22(11-12-23(27)29(24)39-32(42)28(31)33(43)44)40-18-25-26(19-40)30(25)41(16-20-7-3-1-4-8-20)17-21-9-5-2-6-10-21/h1-12,15,25-26,30H,13-14,16-19H2,(H,39,42)(H,43,44)/t25-,26+,30+. The van der Waals surface area contributed by atoms with Gasteiger partial charge in [-0.2, -0.15) is 13.2 Å². The van der Waals surface area contributed by atoms with Gasteiger partial charge in [0.25, 0.3) is 5.56 Å². The summed E-state index contributed by atoms with van der Waals surface area (Å²) in [6.45, 7) is 3.32. The minimum atomic E-state index is -5.39. The van der Waals surface area contributed by atoms with Crippen LogP contribution in [-0.2, 0) is 24.3 Å². The lowest BCUT2D eigenvalue weighted by molar-refractivity contribution is -0.189. The number of benzene rings is 3. The maximum Gasteiger partial charge on any atom is 0.491 e. The first-order valence-electron chi connectivity index (χ1n) is 15.2. The van der Waals surface area contributed by atoms with E-state index in [1.165, 1.54) is 11.1 Å². The van der Waals surface area contributed by atoms with Gasteiger partial charge in [-0.15, -0.1) is 0 Å². The van der Waals surface area contributed by atoms with Crippen molar-refractivity contribution in [2.45, 2.75) is 31.7 Å². The smallest absolute Gasteiger partial charge is 0.491 e. The van der Waals surface area contributed by atoms with Crippen molar-refractivity contribution in [1.29, 1.82) is 0 Å². The molecular weight excluding hydrogens is 615 g/mol. The van der Waals surface area contributed by atoms with Crippen LogP contribution in [-0.4, -0.2) is 58.8 Å². The third-order valence-corrected chi connectivity index (χ3v) is 9.15. The number of ether oxygens (including phenoxy) is 2. The third kappa shape index (κ3) is 5.96. The average molecular weight is 646 g/mol. The van der Waals surface area contributed by atoms with Crippen LogP contribution in [0.4, 0.5) is 18.9 Å². The fourth-order valence-corrected chi connectivity index (χ4v) is 6.99. The van der Waals surface area contributed by atoms with Gasteiger partial charge in [0.1, 0.15) is 5.75 Å². The molecular formula is C35H30F3N3O6. The Balaban J connectivity index is 1.13. The van der Waals surface area contributed by atoms with Crippen molar-refractivity contribution < 1.29 is 37.3 Å². The molecule has 3 heterocycles. The minimum Gasteiger partial charge on any atom is -0.492 e. The van der Waals surface area contributed by atoms with Crippen LogP contribution in [0.5, 0.6) is 11.5 Å². The Hall–Kier alpha value is -5.10. The lowest BCUT2D eigenvalue weighted by atomic mass is 10.00. The maximum absolute atomic E-state index is 13.1. The van der Waals surface area contributed by atoms with Crippen molar-refractivity contribution in [3.63, 3.8) is 0 Å². The van der Waals surface area contributed by atoms with Crippen LogP contribution in [0.2, 0.25) is 0 Å². The molecule has 3 atom stereocenters. The highest BCUT2D eigenvalue weighted by Crippen LogP contribution is 2.51. The molecule has 0 unspecified atom stereocenters. The first-order chi connectivity index (χ1) is 22.6. The molecule has 7 rings (SSSR count). The number of pyridine rings is 1.